The SMILES string of the molecule is CC(=O)O[C@]1(C)C[C@H](c2cccc(Cl)c2)[C@@H](c2ccc(Cl)cc2)N(C(C)C)S1(=O)=O. The smallest absolute Gasteiger partial charge is 0.304 e. The molecule has 1 heterocycles. The van der Waals surface area contributed by atoms with Crippen LogP contribution in [0.15, 0.2) is 48.5 Å². The van der Waals surface area contributed by atoms with Gasteiger partial charge in [0.25, 0.3) is 10.0 Å². The second-order valence-electron chi connectivity index (χ2n) is 8.02. The van der Waals surface area contributed by atoms with E-state index in [0.717, 1.165) is 11.1 Å². The molecule has 0 saturated carbocycles. The number of esters is 1. The minimum atomic E-state index is -3.99. The number of sulfonamides is 1. The van der Waals surface area contributed by atoms with Gasteiger partial charge in [-0.15, -0.1) is 0 Å². The summed E-state index contributed by atoms with van der Waals surface area (Å²) in [5.74, 6) is -0.931. The highest BCUT2D eigenvalue weighted by Gasteiger charge is 2.57. The maximum absolute atomic E-state index is 13.7. The molecule has 0 spiro atoms. The van der Waals surface area contributed by atoms with Gasteiger partial charge >= 0.3 is 5.97 Å². The van der Waals surface area contributed by atoms with Gasteiger partial charge in [-0.2, -0.15) is 4.31 Å². The number of nitrogens with zero attached hydrogens (tertiary/aromatic N) is 1. The number of hydrogen-bond acceptors (Lipinski definition) is 4. The number of ether oxygens (including phenoxy) is 1. The van der Waals surface area contributed by atoms with Gasteiger partial charge < -0.3 is 4.74 Å². The average molecular weight is 470 g/mol. The Hall–Kier alpha value is -1.60. The van der Waals surface area contributed by atoms with E-state index in [9.17, 15) is 13.2 Å². The van der Waals surface area contributed by atoms with Gasteiger partial charge in [-0.25, -0.2) is 8.42 Å². The molecule has 0 aliphatic carbocycles. The molecule has 1 aliphatic heterocycles. The number of rotatable bonds is 4. The molecule has 30 heavy (non-hydrogen) atoms. The van der Waals surface area contributed by atoms with Gasteiger partial charge in [0.15, 0.2) is 0 Å². The maximum Gasteiger partial charge on any atom is 0.304 e. The molecule has 0 bridgehead atoms. The highest BCUT2D eigenvalue weighted by molar-refractivity contribution is 7.90. The topological polar surface area (TPSA) is 63.7 Å². The Morgan fingerprint density at radius 3 is 2.27 bits per heavy atom. The van der Waals surface area contributed by atoms with Crippen LogP contribution in [0.4, 0.5) is 0 Å². The summed E-state index contributed by atoms with van der Waals surface area (Å²) in [7, 11) is -3.99. The van der Waals surface area contributed by atoms with Crippen molar-refractivity contribution in [2.24, 2.45) is 0 Å². The Kier molecular flexibility index (Phi) is 6.54. The summed E-state index contributed by atoms with van der Waals surface area (Å²) in [5.41, 5.74) is 1.69. The molecule has 2 aromatic carbocycles. The summed E-state index contributed by atoms with van der Waals surface area (Å²) in [6, 6.07) is 13.7. The number of carbonyl (C=O) groups is 1. The molecule has 1 saturated heterocycles. The lowest BCUT2D eigenvalue weighted by atomic mass is 9.82. The molecule has 0 aromatic heterocycles. The molecule has 3 rings (SSSR count). The molecule has 0 amide bonds. The third-order valence-electron chi connectivity index (χ3n) is 5.43. The van der Waals surface area contributed by atoms with Gasteiger partial charge in [-0.3, -0.25) is 4.79 Å². The zero-order valence-corrected chi connectivity index (χ0v) is 19.6. The molecule has 0 N–H and O–H groups in total. The van der Waals surface area contributed by atoms with E-state index >= 15 is 0 Å². The maximum atomic E-state index is 13.7. The van der Waals surface area contributed by atoms with Crippen LogP contribution in [0, 0.1) is 0 Å². The Balaban J connectivity index is 2.26. The molecule has 8 heteroatoms. The van der Waals surface area contributed by atoms with Gasteiger partial charge in [-0.05, 0) is 56.2 Å². The normalized spacial score (nSPS) is 26.5. The minimum absolute atomic E-state index is 0.103. The summed E-state index contributed by atoms with van der Waals surface area (Å²) < 4.78 is 34.3. The molecule has 162 valence electrons. The number of hydrogen-bond donors (Lipinski definition) is 0. The van der Waals surface area contributed by atoms with Crippen LogP contribution in [-0.2, 0) is 19.6 Å². The van der Waals surface area contributed by atoms with Crippen LogP contribution in [0.25, 0.3) is 0 Å². The first-order valence-corrected chi connectivity index (χ1v) is 11.9. The summed E-state index contributed by atoms with van der Waals surface area (Å²) in [6.45, 7) is 6.32. The van der Waals surface area contributed by atoms with Gasteiger partial charge in [0, 0.05) is 35.3 Å². The van der Waals surface area contributed by atoms with Crippen molar-refractivity contribution in [2.75, 3.05) is 0 Å². The zero-order chi connectivity index (χ0) is 22.3. The molecule has 2 aromatic rings. The summed E-state index contributed by atoms with van der Waals surface area (Å²) in [5, 5.41) is 1.12. The molecule has 5 nitrogen and oxygen atoms in total. The van der Waals surface area contributed by atoms with Crippen LogP contribution in [-0.4, -0.2) is 29.7 Å². The van der Waals surface area contributed by atoms with E-state index in [0.29, 0.717) is 10.0 Å². The molecular weight excluding hydrogens is 445 g/mol. The molecule has 0 unspecified atom stereocenters. The standard InChI is InChI=1S/C22H25Cl2NO4S/c1-14(2)25-21(16-8-10-18(23)11-9-16)20(17-6-5-7-19(24)12-17)13-22(4,29-15(3)26)30(25,27)28/h5-12,14,20-21H,13H2,1-4H3/t20-,21-,22+/m1/s1. The lowest BCUT2D eigenvalue weighted by Gasteiger charge is -2.49. The Morgan fingerprint density at radius 2 is 1.73 bits per heavy atom. The fraction of sp³-hybridized carbons (Fsp3) is 0.409. The van der Waals surface area contributed by atoms with Crippen molar-refractivity contribution < 1.29 is 17.9 Å². The van der Waals surface area contributed by atoms with Crippen molar-refractivity contribution in [1.82, 2.24) is 4.31 Å². The number of halogens is 2. The average Bonchev–Trinajstić information content (AvgIpc) is 2.63. The van der Waals surface area contributed by atoms with Crippen LogP contribution in [0.5, 0.6) is 0 Å². The van der Waals surface area contributed by atoms with E-state index in [-0.39, 0.29) is 18.4 Å². The van der Waals surface area contributed by atoms with Crippen molar-refractivity contribution in [3.05, 3.63) is 69.7 Å². The Bertz CT molecular complexity index is 1040. The highest BCUT2D eigenvalue weighted by Crippen LogP contribution is 2.52. The van der Waals surface area contributed by atoms with E-state index in [2.05, 4.69) is 0 Å². The van der Waals surface area contributed by atoms with E-state index in [1.54, 1.807) is 18.2 Å². The minimum Gasteiger partial charge on any atom is -0.442 e. The van der Waals surface area contributed by atoms with E-state index < -0.39 is 27.0 Å². The van der Waals surface area contributed by atoms with Crippen LogP contribution >= 0.6 is 23.2 Å². The van der Waals surface area contributed by atoms with Crippen molar-refractivity contribution in [1.29, 1.82) is 0 Å². The van der Waals surface area contributed by atoms with Crippen LogP contribution < -0.4 is 0 Å². The third-order valence-corrected chi connectivity index (χ3v) is 8.46. The van der Waals surface area contributed by atoms with E-state index in [4.69, 9.17) is 27.9 Å². The first-order valence-electron chi connectivity index (χ1n) is 9.70. The summed E-state index contributed by atoms with van der Waals surface area (Å²) in [6.07, 6.45) is 0.103. The van der Waals surface area contributed by atoms with Crippen LogP contribution in [0.1, 0.15) is 57.2 Å². The van der Waals surface area contributed by atoms with Gasteiger partial charge in [0.05, 0.1) is 6.04 Å². The first kappa shape index (κ1) is 23.1. The molecule has 3 atom stereocenters. The van der Waals surface area contributed by atoms with E-state index in [1.807, 2.05) is 44.2 Å². The molecule has 1 aliphatic rings. The second-order valence-corrected chi connectivity index (χ2v) is 11.1. The Labute approximate surface area is 188 Å². The van der Waals surface area contributed by atoms with Crippen molar-refractivity contribution in [2.45, 2.75) is 57.1 Å². The second kappa shape index (κ2) is 8.50. The quantitative estimate of drug-likeness (QED) is 0.551. The van der Waals surface area contributed by atoms with Crippen molar-refractivity contribution in [3.63, 3.8) is 0 Å². The van der Waals surface area contributed by atoms with E-state index in [1.165, 1.54) is 18.2 Å². The van der Waals surface area contributed by atoms with Crippen LogP contribution in [0.2, 0.25) is 10.0 Å². The number of carbonyl (C=O) groups excluding carboxylic acids is 1. The van der Waals surface area contributed by atoms with Crippen LogP contribution in [0.3, 0.4) is 0 Å². The van der Waals surface area contributed by atoms with Crippen molar-refractivity contribution >= 4 is 39.2 Å². The molecule has 1 fully saturated rings. The van der Waals surface area contributed by atoms with Gasteiger partial charge in [0.2, 0.25) is 4.93 Å². The fourth-order valence-corrected chi connectivity index (χ4v) is 6.75. The molecule has 0 radical (unpaired) electrons. The van der Waals surface area contributed by atoms with Gasteiger partial charge in [-0.1, -0.05) is 47.5 Å². The highest BCUT2D eigenvalue weighted by atomic mass is 35.5. The first-order chi connectivity index (χ1) is 14.0. The lowest BCUT2D eigenvalue weighted by Crippen LogP contribution is -2.58. The molecular formula is C22H25Cl2NO4S. The zero-order valence-electron chi connectivity index (χ0n) is 17.3. The van der Waals surface area contributed by atoms with Gasteiger partial charge in [0.1, 0.15) is 0 Å². The Morgan fingerprint density at radius 1 is 1.10 bits per heavy atom. The summed E-state index contributed by atoms with van der Waals surface area (Å²) >= 11 is 12.3. The van der Waals surface area contributed by atoms with Crippen molar-refractivity contribution in [3.8, 4) is 0 Å². The lowest BCUT2D eigenvalue weighted by molar-refractivity contribution is -0.150. The third kappa shape index (κ3) is 4.24. The predicted molar refractivity (Wildman–Crippen MR) is 119 cm³/mol. The predicted octanol–water partition coefficient (Wildman–Crippen LogP) is 5.54. The number of benzene rings is 2. The fourth-order valence-electron chi connectivity index (χ4n) is 4.24. The largest absolute Gasteiger partial charge is 0.442 e. The monoisotopic (exact) mass is 469 g/mol. The summed E-state index contributed by atoms with van der Waals surface area (Å²) in [4.78, 5) is 10.1.